The second kappa shape index (κ2) is 6.10. The number of aromatic nitrogens is 2. The molecular formula is C13H14N4OS. The molecule has 2 aromatic rings. The van der Waals surface area contributed by atoms with Crippen LogP contribution in [0.2, 0.25) is 0 Å². The van der Waals surface area contributed by atoms with Crippen LogP contribution in [0.1, 0.15) is 11.3 Å². The van der Waals surface area contributed by atoms with E-state index in [9.17, 15) is 0 Å². The number of rotatable bonds is 5. The molecule has 0 atom stereocenters. The third-order valence-electron chi connectivity index (χ3n) is 2.53. The van der Waals surface area contributed by atoms with Gasteiger partial charge in [0.05, 0.1) is 12.8 Å². The van der Waals surface area contributed by atoms with E-state index in [-0.39, 0.29) is 4.99 Å². The van der Waals surface area contributed by atoms with Gasteiger partial charge in [0.25, 0.3) is 0 Å². The average Bonchev–Trinajstić information content (AvgIpc) is 2.46. The topological polar surface area (TPSA) is 73.1 Å². The summed E-state index contributed by atoms with van der Waals surface area (Å²) in [5, 5.41) is 3.24. The first-order valence-corrected chi connectivity index (χ1v) is 6.09. The predicted octanol–water partition coefficient (Wildman–Crippen LogP) is 1.73. The molecule has 0 radical (unpaired) electrons. The van der Waals surface area contributed by atoms with Crippen molar-refractivity contribution in [2.75, 3.05) is 12.4 Å². The van der Waals surface area contributed by atoms with Crippen LogP contribution in [0, 0.1) is 0 Å². The second-order valence-corrected chi connectivity index (χ2v) is 4.27. The summed E-state index contributed by atoms with van der Waals surface area (Å²) >= 11 is 4.96. The average molecular weight is 274 g/mol. The summed E-state index contributed by atoms with van der Waals surface area (Å²) in [5.74, 6) is 0.592. The molecule has 0 aliphatic rings. The van der Waals surface area contributed by atoms with Gasteiger partial charge in [-0.1, -0.05) is 18.3 Å². The van der Waals surface area contributed by atoms with Crippen LogP contribution in [-0.4, -0.2) is 22.1 Å². The van der Waals surface area contributed by atoms with Crippen LogP contribution in [0.25, 0.3) is 0 Å². The van der Waals surface area contributed by atoms with Crippen molar-refractivity contribution >= 4 is 22.9 Å². The Balaban J connectivity index is 2.07. The molecule has 0 fully saturated rings. The minimum absolute atomic E-state index is 0.274. The van der Waals surface area contributed by atoms with Gasteiger partial charge in [0.2, 0.25) is 5.88 Å². The zero-order valence-corrected chi connectivity index (χ0v) is 11.3. The van der Waals surface area contributed by atoms with E-state index in [0.717, 1.165) is 11.3 Å². The SMILES string of the molecule is COc1ccc(CNc2cccnc2C(N)=S)cn1. The van der Waals surface area contributed by atoms with Crippen molar-refractivity contribution in [3.8, 4) is 5.88 Å². The van der Waals surface area contributed by atoms with Crippen LogP contribution in [0.5, 0.6) is 5.88 Å². The highest BCUT2D eigenvalue weighted by molar-refractivity contribution is 7.80. The van der Waals surface area contributed by atoms with Crippen molar-refractivity contribution in [1.82, 2.24) is 9.97 Å². The van der Waals surface area contributed by atoms with Gasteiger partial charge in [0, 0.05) is 25.0 Å². The summed E-state index contributed by atoms with van der Waals surface area (Å²) in [6, 6.07) is 7.47. The van der Waals surface area contributed by atoms with E-state index >= 15 is 0 Å². The van der Waals surface area contributed by atoms with E-state index < -0.39 is 0 Å². The normalized spacial score (nSPS) is 9.95. The molecular weight excluding hydrogens is 260 g/mol. The van der Waals surface area contributed by atoms with Crippen LogP contribution >= 0.6 is 12.2 Å². The smallest absolute Gasteiger partial charge is 0.212 e. The first kappa shape index (κ1) is 13.2. The lowest BCUT2D eigenvalue weighted by atomic mass is 10.2. The van der Waals surface area contributed by atoms with Gasteiger partial charge in [-0.2, -0.15) is 0 Å². The van der Waals surface area contributed by atoms with Gasteiger partial charge in [0.1, 0.15) is 10.7 Å². The van der Waals surface area contributed by atoms with E-state index in [1.165, 1.54) is 0 Å². The fourth-order valence-corrected chi connectivity index (χ4v) is 1.74. The maximum Gasteiger partial charge on any atom is 0.212 e. The van der Waals surface area contributed by atoms with Gasteiger partial charge in [-0.05, 0) is 17.7 Å². The number of hydrogen-bond acceptors (Lipinski definition) is 5. The van der Waals surface area contributed by atoms with Crippen molar-refractivity contribution in [2.24, 2.45) is 5.73 Å². The molecule has 5 nitrogen and oxygen atoms in total. The molecule has 0 spiro atoms. The fourth-order valence-electron chi connectivity index (χ4n) is 1.58. The lowest BCUT2D eigenvalue weighted by Gasteiger charge is -2.10. The number of nitrogens with one attached hydrogen (secondary N) is 1. The molecule has 0 saturated heterocycles. The fraction of sp³-hybridized carbons (Fsp3) is 0.154. The molecule has 3 N–H and O–H groups in total. The van der Waals surface area contributed by atoms with E-state index in [1.54, 1.807) is 19.5 Å². The van der Waals surface area contributed by atoms with Gasteiger partial charge < -0.3 is 15.8 Å². The summed E-state index contributed by atoms with van der Waals surface area (Å²) in [7, 11) is 1.59. The first-order valence-electron chi connectivity index (χ1n) is 5.68. The maximum absolute atomic E-state index is 5.62. The van der Waals surface area contributed by atoms with Crippen molar-refractivity contribution < 1.29 is 4.74 Å². The van der Waals surface area contributed by atoms with Crippen molar-refractivity contribution in [3.05, 3.63) is 47.9 Å². The molecule has 0 aliphatic heterocycles. The van der Waals surface area contributed by atoms with Crippen molar-refractivity contribution in [3.63, 3.8) is 0 Å². The maximum atomic E-state index is 5.62. The highest BCUT2D eigenvalue weighted by Crippen LogP contribution is 2.14. The summed E-state index contributed by atoms with van der Waals surface area (Å²) in [6.45, 7) is 0.609. The van der Waals surface area contributed by atoms with Crippen LogP contribution in [0.4, 0.5) is 5.69 Å². The van der Waals surface area contributed by atoms with E-state index in [4.69, 9.17) is 22.7 Å². The Labute approximate surface area is 116 Å². The number of thiocarbonyl (C=S) groups is 1. The van der Waals surface area contributed by atoms with E-state index in [0.29, 0.717) is 18.1 Å². The Bertz CT molecular complexity index is 571. The standard InChI is InChI=1S/C13H14N4OS/c1-18-11-5-4-9(8-17-11)7-16-10-3-2-6-15-12(10)13(14)19/h2-6,8,16H,7H2,1H3,(H2,14,19). The third kappa shape index (κ3) is 3.38. The summed E-state index contributed by atoms with van der Waals surface area (Å²) in [4.78, 5) is 8.57. The summed E-state index contributed by atoms with van der Waals surface area (Å²) in [6.07, 6.45) is 3.41. The molecule has 0 amide bonds. The van der Waals surface area contributed by atoms with Gasteiger partial charge in [-0.15, -0.1) is 0 Å². The molecule has 0 saturated carbocycles. The summed E-state index contributed by atoms with van der Waals surface area (Å²) < 4.78 is 5.01. The summed E-state index contributed by atoms with van der Waals surface area (Å²) in [5.41, 5.74) is 8.06. The zero-order chi connectivity index (χ0) is 13.7. The number of methoxy groups -OCH3 is 1. The molecule has 2 heterocycles. The molecule has 0 aliphatic carbocycles. The second-order valence-electron chi connectivity index (χ2n) is 3.83. The molecule has 0 bridgehead atoms. The highest BCUT2D eigenvalue weighted by atomic mass is 32.1. The predicted molar refractivity (Wildman–Crippen MR) is 78.2 cm³/mol. The monoisotopic (exact) mass is 274 g/mol. The zero-order valence-electron chi connectivity index (χ0n) is 10.5. The largest absolute Gasteiger partial charge is 0.481 e. The molecule has 2 aromatic heterocycles. The highest BCUT2D eigenvalue weighted by Gasteiger charge is 2.05. The molecule has 2 rings (SSSR count). The van der Waals surface area contributed by atoms with Gasteiger partial charge in [0.15, 0.2) is 0 Å². The van der Waals surface area contributed by atoms with E-state index in [2.05, 4.69) is 15.3 Å². The molecule has 98 valence electrons. The lowest BCUT2D eigenvalue weighted by Crippen LogP contribution is -2.15. The van der Waals surface area contributed by atoms with Gasteiger partial charge >= 0.3 is 0 Å². The van der Waals surface area contributed by atoms with Crippen LogP contribution in [0.3, 0.4) is 0 Å². The van der Waals surface area contributed by atoms with Crippen LogP contribution in [-0.2, 0) is 6.54 Å². The minimum Gasteiger partial charge on any atom is -0.481 e. The van der Waals surface area contributed by atoms with E-state index in [1.807, 2.05) is 24.3 Å². The number of anilines is 1. The Morgan fingerprint density at radius 2 is 2.21 bits per heavy atom. The number of hydrogen-bond donors (Lipinski definition) is 2. The van der Waals surface area contributed by atoms with Crippen molar-refractivity contribution in [1.29, 1.82) is 0 Å². The van der Waals surface area contributed by atoms with Crippen LogP contribution in [0.15, 0.2) is 36.7 Å². The Morgan fingerprint density at radius 3 is 2.84 bits per heavy atom. The van der Waals surface area contributed by atoms with Crippen molar-refractivity contribution in [2.45, 2.75) is 6.54 Å². The molecule has 6 heteroatoms. The number of ether oxygens (including phenoxy) is 1. The van der Waals surface area contributed by atoms with Crippen LogP contribution < -0.4 is 15.8 Å². The molecule has 0 aromatic carbocycles. The number of nitrogens with two attached hydrogens (primary N) is 1. The lowest BCUT2D eigenvalue weighted by molar-refractivity contribution is 0.397. The Kier molecular flexibility index (Phi) is 4.25. The van der Waals surface area contributed by atoms with Gasteiger partial charge in [-0.25, -0.2) is 4.98 Å². The van der Waals surface area contributed by atoms with Gasteiger partial charge in [-0.3, -0.25) is 4.98 Å². The minimum atomic E-state index is 0.274. The Morgan fingerprint density at radius 1 is 1.37 bits per heavy atom. The molecule has 19 heavy (non-hydrogen) atoms. The Hall–Kier alpha value is -2.21. The first-order chi connectivity index (χ1) is 9.20. The quantitative estimate of drug-likeness (QED) is 0.809. The number of pyridine rings is 2. The molecule has 0 unspecified atom stereocenters. The number of nitrogens with zero attached hydrogens (tertiary/aromatic N) is 2. The third-order valence-corrected chi connectivity index (χ3v) is 2.72.